The fourth-order valence-electron chi connectivity index (χ4n) is 2.46. The molecule has 1 aromatic rings. The number of nitrogens with one attached hydrogen (secondary N) is 1. The molecule has 7 heteroatoms. The van der Waals surface area contributed by atoms with Gasteiger partial charge in [-0.3, -0.25) is 4.68 Å². The van der Waals surface area contributed by atoms with Gasteiger partial charge in [-0.05, 0) is 31.9 Å². The van der Waals surface area contributed by atoms with Gasteiger partial charge in [0.15, 0.2) is 5.03 Å². The summed E-state index contributed by atoms with van der Waals surface area (Å²) in [4.78, 5) is 0. The zero-order valence-corrected chi connectivity index (χ0v) is 12.4. The van der Waals surface area contributed by atoms with Gasteiger partial charge in [-0.15, -0.1) is 0 Å². The summed E-state index contributed by atoms with van der Waals surface area (Å²) in [6.07, 6.45) is 4.49. The molecule has 2 heterocycles. The molecule has 1 atom stereocenters. The molecule has 1 N–H and O–H groups in total. The van der Waals surface area contributed by atoms with E-state index in [1.54, 1.807) is 17.4 Å². The van der Waals surface area contributed by atoms with E-state index >= 15 is 0 Å². The average molecular weight is 286 g/mol. The second-order valence-electron chi connectivity index (χ2n) is 4.95. The number of sulfonamides is 1. The Morgan fingerprint density at radius 1 is 1.58 bits per heavy atom. The van der Waals surface area contributed by atoms with Gasteiger partial charge in [0, 0.05) is 26.2 Å². The van der Waals surface area contributed by atoms with Gasteiger partial charge in [0.25, 0.3) is 10.0 Å². The van der Waals surface area contributed by atoms with Gasteiger partial charge in [0.2, 0.25) is 0 Å². The highest BCUT2D eigenvalue weighted by molar-refractivity contribution is 7.89. The fraction of sp³-hybridized carbons (Fsp3) is 0.750. The molecule has 0 saturated carbocycles. The van der Waals surface area contributed by atoms with Crippen molar-refractivity contribution in [2.75, 3.05) is 19.6 Å². The van der Waals surface area contributed by atoms with E-state index in [1.165, 1.54) is 10.9 Å². The van der Waals surface area contributed by atoms with Gasteiger partial charge in [-0.25, -0.2) is 8.42 Å². The van der Waals surface area contributed by atoms with Crippen LogP contribution < -0.4 is 5.32 Å². The number of rotatable bonds is 6. The minimum absolute atomic E-state index is 0.263. The summed E-state index contributed by atoms with van der Waals surface area (Å²) < 4.78 is 28.3. The lowest BCUT2D eigenvalue weighted by Crippen LogP contribution is -2.42. The van der Waals surface area contributed by atoms with Gasteiger partial charge >= 0.3 is 0 Å². The Bertz CT molecular complexity index is 506. The van der Waals surface area contributed by atoms with Gasteiger partial charge in [0.1, 0.15) is 0 Å². The number of aromatic nitrogens is 2. The monoisotopic (exact) mass is 286 g/mol. The molecule has 6 nitrogen and oxygen atoms in total. The van der Waals surface area contributed by atoms with E-state index in [4.69, 9.17) is 0 Å². The fourth-order valence-corrected chi connectivity index (χ4v) is 4.14. The molecule has 1 saturated heterocycles. The maximum absolute atomic E-state index is 12.6. The van der Waals surface area contributed by atoms with Crippen molar-refractivity contribution in [1.82, 2.24) is 19.4 Å². The van der Waals surface area contributed by atoms with Crippen LogP contribution in [0.25, 0.3) is 0 Å². The maximum Gasteiger partial charge on any atom is 0.260 e. The first-order valence-electron chi connectivity index (χ1n) is 6.77. The molecule has 0 spiro atoms. The predicted octanol–water partition coefficient (Wildman–Crippen LogP) is 0.573. The zero-order chi connectivity index (χ0) is 13.9. The molecule has 0 radical (unpaired) electrons. The molecule has 1 aromatic heterocycles. The highest BCUT2D eigenvalue weighted by atomic mass is 32.2. The van der Waals surface area contributed by atoms with E-state index < -0.39 is 10.0 Å². The highest BCUT2D eigenvalue weighted by Crippen LogP contribution is 2.17. The van der Waals surface area contributed by atoms with E-state index in [2.05, 4.69) is 10.4 Å². The summed E-state index contributed by atoms with van der Waals surface area (Å²) in [6.45, 7) is 4.07. The quantitative estimate of drug-likeness (QED) is 0.830. The first-order chi connectivity index (χ1) is 9.05. The summed E-state index contributed by atoms with van der Waals surface area (Å²) in [5, 5.41) is 7.56. The molecule has 0 aromatic carbocycles. The van der Waals surface area contributed by atoms with Crippen molar-refractivity contribution in [1.29, 1.82) is 0 Å². The third-order valence-electron chi connectivity index (χ3n) is 3.44. The normalized spacial score (nSPS) is 20.3. The molecule has 1 unspecified atom stereocenters. The molecule has 1 aliphatic rings. The first kappa shape index (κ1) is 14.5. The van der Waals surface area contributed by atoms with E-state index in [0.29, 0.717) is 13.1 Å². The Kier molecular flexibility index (Phi) is 4.59. The molecule has 19 heavy (non-hydrogen) atoms. The van der Waals surface area contributed by atoms with Crippen molar-refractivity contribution in [3.8, 4) is 0 Å². The lowest BCUT2D eigenvalue weighted by Gasteiger charge is -2.24. The van der Waals surface area contributed by atoms with Gasteiger partial charge in [0.05, 0.1) is 6.20 Å². The average Bonchev–Trinajstić information content (AvgIpc) is 2.99. The zero-order valence-electron chi connectivity index (χ0n) is 11.5. The van der Waals surface area contributed by atoms with Gasteiger partial charge in [-0.2, -0.15) is 9.40 Å². The van der Waals surface area contributed by atoms with Crippen molar-refractivity contribution in [2.45, 2.75) is 37.3 Å². The molecule has 0 bridgehead atoms. The third-order valence-corrected chi connectivity index (χ3v) is 5.38. The molecular formula is C12H22N4O2S. The SMILES string of the molecule is CCCN(CC1CCCN1)S(=O)(=O)c1ccnn1C. The smallest absolute Gasteiger partial charge is 0.260 e. The van der Waals surface area contributed by atoms with Crippen LogP contribution in [-0.2, 0) is 17.1 Å². The van der Waals surface area contributed by atoms with E-state index in [1.807, 2.05) is 6.92 Å². The van der Waals surface area contributed by atoms with Crippen LogP contribution >= 0.6 is 0 Å². The molecular weight excluding hydrogens is 264 g/mol. The number of hydrogen-bond donors (Lipinski definition) is 1. The second kappa shape index (κ2) is 6.02. The van der Waals surface area contributed by atoms with Crippen LogP contribution in [0.15, 0.2) is 17.3 Å². The lowest BCUT2D eigenvalue weighted by atomic mass is 10.2. The van der Waals surface area contributed by atoms with Crippen LogP contribution in [0.1, 0.15) is 26.2 Å². The molecule has 1 aliphatic heterocycles. The summed E-state index contributed by atoms with van der Waals surface area (Å²) in [6, 6.07) is 1.83. The molecule has 2 rings (SSSR count). The lowest BCUT2D eigenvalue weighted by molar-refractivity contribution is 0.366. The van der Waals surface area contributed by atoms with Crippen LogP contribution in [0, 0.1) is 0 Å². The summed E-state index contributed by atoms with van der Waals surface area (Å²) in [5.41, 5.74) is 0. The topological polar surface area (TPSA) is 67.2 Å². The standard InChI is InChI=1S/C12H22N4O2S/c1-3-9-16(10-11-5-4-7-13-11)19(17,18)12-6-8-14-15(12)2/h6,8,11,13H,3-5,7,9-10H2,1-2H3. The summed E-state index contributed by atoms with van der Waals surface area (Å²) in [7, 11) is -1.79. The van der Waals surface area contributed by atoms with Crippen LogP contribution in [0.4, 0.5) is 0 Å². The van der Waals surface area contributed by atoms with Crippen molar-refractivity contribution >= 4 is 10.0 Å². The van der Waals surface area contributed by atoms with Crippen LogP contribution in [0.2, 0.25) is 0 Å². The van der Waals surface area contributed by atoms with E-state index in [0.717, 1.165) is 25.8 Å². The Morgan fingerprint density at radius 2 is 2.37 bits per heavy atom. The molecule has 0 aliphatic carbocycles. The minimum Gasteiger partial charge on any atom is -0.313 e. The van der Waals surface area contributed by atoms with Crippen molar-refractivity contribution in [2.24, 2.45) is 7.05 Å². The van der Waals surface area contributed by atoms with Crippen molar-refractivity contribution in [3.05, 3.63) is 12.3 Å². The Hall–Kier alpha value is -0.920. The van der Waals surface area contributed by atoms with E-state index in [-0.39, 0.29) is 11.1 Å². The predicted molar refractivity (Wildman–Crippen MR) is 73.3 cm³/mol. The van der Waals surface area contributed by atoms with Crippen LogP contribution in [0.5, 0.6) is 0 Å². The van der Waals surface area contributed by atoms with Crippen LogP contribution in [-0.4, -0.2) is 48.2 Å². The number of hydrogen-bond acceptors (Lipinski definition) is 4. The van der Waals surface area contributed by atoms with Gasteiger partial charge in [-0.1, -0.05) is 6.92 Å². The molecule has 108 valence electrons. The Balaban J connectivity index is 2.19. The van der Waals surface area contributed by atoms with Crippen molar-refractivity contribution in [3.63, 3.8) is 0 Å². The number of nitrogens with zero attached hydrogens (tertiary/aromatic N) is 3. The van der Waals surface area contributed by atoms with Gasteiger partial charge < -0.3 is 5.32 Å². The molecule has 0 amide bonds. The third kappa shape index (κ3) is 3.16. The van der Waals surface area contributed by atoms with E-state index in [9.17, 15) is 8.42 Å². The molecule has 1 fully saturated rings. The van der Waals surface area contributed by atoms with Crippen LogP contribution in [0.3, 0.4) is 0 Å². The Morgan fingerprint density at radius 3 is 2.89 bits per heavy atom. The minimum atomic E-state index is -3.44. The number of aryl methyl sites for hydroxylation is 1. The summed E-state index contributed by atoms with van der Waals surface area (Å²) in [5.74, 6) is 0. The largest absolute Gasteiger partial charge is 0.313 e. The summed E-state index contributed by atoms with van der Waals surface area (Å²) >= 11 is 0. The Labute approximate surface area is 114 Å². The maximum atomic E-state index is 12.6. The second-order valence-corrected chi connectivity index (χ2v) is 6.83. The van der Waals surface area contributed by atoms with Crippen molar-refractivity contribution < 1.29 is 8.42 Å². The highest BCUT2D eigenvalue weighted by Gasteiger charge is 2.29. The first-order valence-corrected chi connectivity index (χ1v) is 8.21.